The van der Waals surface area contributed by atoms with Gasteiger partial charge in [-0.15, -0.1) is 0 Å². The van der Waals surface area contributed by atoms with E-state index in [9.17, 15) is 10.0 Å². The van der Waals surface area contributed by atoms with E-state index in [4.69, 9.17) is 0 Å². The fraction of sp³-hybridized carbons (Fsp3) is 0.647. The lowest BCUT2D eigenvalue weighted by atomic mass is 9.99. The Bertz CT molecular complexity index is 416. The molecule has 112 valence electrons. The average molecular weight is 277 g/mol. The minimum atomic E-state index is 0.0531. The molecule has 0 amide bonds. The molecule has 0 heterocycles. The van der Waals surface area contributed by atoms with Crippen molar-refractivity contribution in [2.75, 3.05) is 0 Å². The molecular formula is C17H27NO2. The largest absolute Gasteiger partial charge is 0.507 e. The Labute approximate surface area is 122 Å². The van der Waals surface area contributed by atoms with E-state index in [-0.39, 0.29) is 12.3 Å². The molecule has 0 bridgehead atoms. The molecule has 0 aliphatic carbocycles. The van der Waals surface area contributed by atoms with Crippen LogP contribution in [0.1, 0.15) is 68.6 Å². The fourth-order valence-electron chi connectivity index (χ4n) is 2.55. The number of hydrogen-bond donors (Lipinski definition) is 1. The second-order valence-electron chi connectivity index (χ2n) is 5.58. The van der Waals surface area contributed by atoms with Crippen LogP contribution in [0.4, 0.5) is 0 Å². The summed E-state index contributed by atoms with van der Waals surface area (Å²) < 4.78 is 0. The standard InChI is InChI=1S/C17H27NO2/c1-3-4-5-6-7-8-9-10-15-11-14(2)17(19)16(12-15)13-18-20/h11-12,19H,3-10,13H2,1-2H3. The normalized spacial score (nSPS) is 10.7. The second-order valence-corrected chi connectivity index (χ2v) is 5.58. The molecule has 1 N–H and O–H groups in total. The minimum Gasteiger partial charge on any atom is -0.507 e. The predicted molar refractivity (Wildman–Crippen MR) is 84.0 cm³/mol. The maximum atomic E-state index is 10.4. The van der Waals surface area contributed by atoms with Crippen molar-refractivity contribution in [2.45, 2.75) is 71.8 Å². The molecule has 20 heavy (non-hydrogen) atoms. The zero-order valence-electron chi connectivity index (χ0n) is 12.8. The molecule has 0 aliphatic rings. The summed E-state index contributed by atoms with van der Waals surface area (Å²) in [7, 11) is 0. The Hall–Kier alpha value is -1.38. The number of benzene rings is 1. The number of aromatic hydroxyl groups is 1. The van der Waals surface area contributed by atoms with Gasteiger partial charge in [-0.05, 0) is 30.9 Å². The molecule has 1 rings (SSSR count). The second kappa shape index (κ2) is 9.51. The van der Waals surface area contributed by atoms with Crippen LogP contribution in [0.2, 0.25) is 0 Å². The summed E-state index contributed by atoms with van der Waals surface area (Å²) in [6.45, 7) is 4.16. The highest BCUT2D eigenvalue weighted by atomic mass is 16.3. The monoisotopic (exact) mass is 277 g/mol. The first-order valence-electron chi connectivity index (χ1n) is 7.79. The maximum Gasteiger partial charge on any atom is 0.123 e. The van der Waals surface area contributed by atoms with Crippen molar-refractivity contribution >= 4 is 0 Å². The van der Waals surface area contributed by atoms with Crippen LogP contribution in [0.3, 0.4) is 0 Å². The van der Waals surface area contributed by atoms with Crippen LogP contribution in [0.5, 0.6) is 5.75 Å². The Morgan fingerprint density at radius 2 is 1.70 bits per heavy atom. The van der Waals surface area contributed by atoms with E-state index >= 15 is 0 Å². The van der Waals surface area contributed by atoms with E-state index in [2.05, 4.69) is 12.1 Å². The molecule has 0 saturated heterocycles. The van der Waals surface area contributed by atoms with Crippen molar-refractivity contribution in [3.63, 3.8) is 0 Å². The molecule has 0 aromatic heterocycles. The number of phenolic OH excluding ortho intramolecular Hbond substituents is 1. The summed E-state index contributed by atoms with van der Waals surface area (Å²) in [4.78, 5) is 10.4. The number of rotatable bonds is 10. The number of nitrogens with zero attached hydrogens (tertiary/aromatic N) is 1. The van der Waals surface area contributed by atoms with E-state index in [1.54, 1.807) is 0 Å². The van der Waals surface area contributed by atoms with E-state index in [0.29, 0.717) is 5.56 Å². The van der Waals surface area contributed by atoms with Gasteiger partial charge in [0.15, 0.2) is 0 Å². The van der Waals surface area contributed by atoms with E-state index < -0.39 is 0 Å². The summed E-state index contributed by atoms with van der Waals surface area (Å²) in [5.74, 6) is 0.216. The Morgan fingerprint density at radius 1 is 1.05 bits per heavy atom. The van der Waals surface area contributed by atoms with Crippen molar-refractivity contribution in [2.24, 2.45) is 5.18 Å². The van der Waals surface area contributed by atoms with E-state index in [1.165, 1.54) is 50.5 Å². The minimum absolute atomic E-state index is 0.0531. The van der Waals surface area contributed by atoms with Gasteiger partial charge in [0, 0.05) is 5.56 Å². The van der Waals surface area contributed by atoms with Gasteiger partial charge in [0.05, 0.1) is 0 Å². The molecule has 0 radical (unpaired) electrons. The van der Waals surface area contributed by atoms with Crippen LogP contribution < -0.4 is 0 Å². The third-order valence-corrected chi connectivity index (χ3v) is 3.74. The first-order valence-corrected chi connectivity index (χ1v) is 7.79. The molecule has 0 unspecified atom stereocenters. The van der Waals surface area contributed by atoms with Gasteiger partial charge < -0.3 is 5.11 Å². The van der Waals surface area contributed by atoms with Crippen molar-refractivity contribution in [3.05, 3.63) is 33.7 Å². The van der Waals surface area contributed by atoms with Gasteiger partial charge in [-0.3, -0.25) is 0 Å². The SMILES string of the molecule is CCCCCCCCCc1cc(C)c(O)c(CN=O)c1. The van der Waals surface area contributed by atoms with Crippen molar-refractivity contribution in [1.82, 2.24) is 0 Å². The van der Waals surface area contributed by atoms with Gasteiger partial charge >= 0.3 is 0 Å². The molecule has 0 spiro atoms. The van der Waals surface area contributed by atoms with Crippen LogP contribution >= 0.6 is 0 Å². The number of aryl methyl sites for hydroxylation is 2. The summed E-state index contributed by atoms with van der Waals surface area (Å²) in [6, 6.07) is 3.93. The summed E-state index contributed by atoms with van der Waals surface area (Å²) in [5, 5.41) is 12.7. The zero-order chi connectivity index (χ0) is 14.8. The van der Waals surface area contributed by atoms with Gasteiger partial charge in [-0.2, -0.15) is 4.91 Å². The van der Waals surface area contributed by atoms with Crippen LogP contribution in [-0.4, -0.2) is 5.11 Å². The Morgan fingerprint density at radius 3 is 2.35 bits per heavy atom. The Kier molecular flexibility index (Phi) is 7.93. The van der Waals surface area contributed by atoms with Crippen LogP contribution in [0.25, 0.3) is 0 Å². The van der Waals surface area contributed by atoms with Crippen LogP contribution in [0.15, 0.2) is 17.3 Å². The van der Waals surface area contributed by atoms with Gasteiger partial charge in [-0.25, -0.2) is 0 Å². The summed E-state index contributed by atoms with van der Waals surface area (Å²) >= 11 is 0. The Balaban J connectivity index is 2.38. The highest BCUT2D eigenvalue weighted by Crippen LogP contribution is 2.25. The molecule has 1 aromatic rings. The molecule has 3 nitrogen and oxygen atoms in total. The van der Waals surface area contributed by atoms with Crippen molar-refractivity contribution in [3.8, 4) is 5.75 Å². The molecule has 1 aromatic carbocycles. The summed E-state index contributed by atoms with van der Waals surface area (Å²) in [5.41, 5.74) is 2.69. The lowest BCUT2D eigenvalue weighted by Crippen LogP contribution is -1.93. The summed E-state index contributed by atoms with van der Waals surface area (Å²) in [6.07, 6.45) is 10.1. The van der Waals surface area contributed by atoms with Gasteiger partial charge in [0.1, 0.15) is 12.3 Å². The van der Waals surface area contributed by atoms with E-state index in [0.717, 1.165) is 12.0 Å². The first kappa shape index (κ1) is 16.7. The third kappa shape index (κ3) is 5.72. The highest BCUT2D eigenvalue weighted by molar-refractivity contribution is 5.43. The lowest BCUT2D eigenvalue weighted by molar-refractivity contribution is 0.463. The number of phenols is 1. The number of unbranched alkanes of at least 4 members (excludes halogenated alkanes) is 6. The highest BCUT2D eigenvalue weighted by Gasteiger charge is 2.07. The van der Waals surface area contributed by atoms with Crippen molar-refractivity contribution < 1.29 is 5.11 Å². The van der Waals surface area contributed by atoms with Crippen LogP contribution in [0, 0.1) is 11.8 Å². The third-order valence-electron chi connectivity index (χ3n) is 3.74. The fourth-order valence-corrected chi connectivity index (χ4v) is 2.55. The van der Waals surface area contributed by atoms with Gasteiger partial charge in [-0.1, -0.05) is 62.8 Å². The van der Waals surface area contributed by atoms with E-state index in [1.807, 2.05) is 19.1 Å². The quantitative estimate of drug-likeness (QED) is 0.468. The van der Waals surface area contributed by atoms with Gasteiger partial charge in [0.25, 0.3) is 0 Å². The predicted octanol–water partition coefficient (Wildman–Crippen LogP) is 5.26. The average Bonchev–Trinajstić information content (AvgIpc) is 2.43. The molecular weight excluding hydrogens is 250 g/mol. The van der Waals surface area contributed by atoms with Crippen LogP contribution in [-0.2, 0) is 13.0 Å². The molecule has 3 heteroatoms. The van der Waals surface area contributed by atoms with Crippen molar-refractivity contribution in [1.29, 1.82) is 0 Å². The number of nitroso groups, excluding NO2 is 1. The molecule has 0 atom stereocenters. The zero-order valence-corrected chi connectivity index (χ0v) is 12.8. The maximum absolute atomic E-state index is 10.4. The number of hydrogen-bond acceptors (Lipinski definition) is 3. The smallest absolute Gasteiger partial charge is 0.123 e. The molecule has 0 saturated carbocycles. The first-order chi connectivity index (χ1) is 9.69. The van der Waals surface area contributed by atoms with Gasteiger partial charge in [0.2, 0.25) is 0 Å². The molecule has 0 fully saturated rings. The molecule has 0 aliphatic heterocycles. The lowest BCUT2D eigenvalue weighted by Gasteiger charge is -2.09. The topological polar surface area (TPSA) is 49.7 Å².